The highest BCUT2D eigenvalue weighted by Gasteiger charge is 2.32. The van der Waals surface area contributed by atoms with E-state index in [9.17, 15) is 14.4 Å². The van der Waals surface area contributed by atoms with Crippen molar-refractivity contribution in [1.82, 2.24) is 4.90 Å². The number of hydrogen-bond acceptors (Lipinski definition) is 4. The van der Waals surface area contributed by atoms with E-state index in [0.29, 0.717) is 35.8 Å². The number of rotatable bonds is 5. The van der Waals surface area contributed by atoms with Crippen LogP contribution in [0.1, 0.15) is 31.1 Å². The molecule has 0 radical (unpaired) electrons. The van der Waals surface area contributed by atoms with Gasteiger partial charge >= 0.3 is 0 Å². The summed E-state index contributed by atoms with van der Waals surface area (Å²) in [5, 5.41) is 2.80. The molecule has 0 saturated carbocycles. The standard InChI is InChI=1S/C22H25N3O4/c1-4-24(5-2)22(28)16-10-12-17(13-11-16)23-21(27)20-14-25(15(3)26)18-8-6-7-9-19(18)29-20/h6-13,20H,4-5,14H2,1-3H3,(H,23,27). The zero-order valence-corrected chi connectivity index (χ0v) is 16.8. The van der Waals surface area contributed by atoms with Crippen molar-refractivity contribution in [3.63, 3.8) is 0 Å². The fourth-order valence-electron chi connectivity index (χ4n) is 3.28. The van der Waals surface area contributed by atoms with Crippen molar-refractivity contribution in [2.75, 3.05) is 29.9 Å². The van der Waals surface area contributed by atoms with E-state index >= 15 is 0 Å². The molecule has 152 valence electrons. The van der Waals surface area contributed by atoms with Crippen LogP contribution in [0.5, 0.6) is 5.75 Å². The third-order valence-corrected chi connectivity index (χ3v) is 4.90. The Balaban J connectivity index is 1.71. The average Bonchev–Trinajstić information content (AvgIpc) is 2.74. The van der Waals surface area contributed by atoms with E-state index in [-0.39, 0.29) is 24.3 Å². The van der Waals surface area contributed by atoms with E-state index in [0.717, 1.165) is 0 Å². The molecule has 1 unspecified atom stereocenters. The fourth-order valence-corrected chi connectivity index (χ4v) is 3.28. The summed E-state index contributed by atoms with van der Waals surface area (Å²) in [6.07, 6.45) is -0.828. The summed E-state index contributed by atoms with van der Waals surface area (Å²) >= 11 is 0. The van der Waals surface area contributed by atoms with Crippen LogP contribution in [0.4, 0.5) is 11.4 Å². The number of hydrogen-bond donors (Lipinski definition) is 1. The number of nitrogens with one attached hydrogen (secondary N) is 1. The lowest BCUT2D eigenvalue weighted by atomic mass is 10.1. The molecule has 0 bridgehead atoms. The maximum absolute atomic E-state index is 12.7. The molecular weight excluding hydrogens is 370 g/mol. The molecule has 0 spiro atoms. The van der Waals surface area contributed by atoms with Gasteiger partial charge in [-0.1, -0.05) is 12.1 Å². The third kappa shape index (κ3) is 4.39. The van der Waals surface area contributed by atoms with Gasteiger partial charge < -0.3 is 19.9 Å². The first-order chi connectivity index (χ1) is 13.9. The lowest BCUT2D eigenvalue weighted by Gasteiger charge is -2.33. The Labute approximate surface area is 170 Å². The molecule has 2 aromatic rings. The predicted molar refractivity (Wildman–Crippen MR) is 111 cm³/mol. The Kier molecular flexibility index (Phi) is 6.16. The van der Waals surface area contributed by atoms with Gasteiger partial charge in [-0.2, -0.15) is 0 Å². The minimum Gasteiger partial charge on any atom is -0.476 e. The first-order valence-corrected chi connectivity index (χ1v) is 9.68. The van der Waals surface area contributed by atoms with Crippen LogP contribution in [0.3, 0.4) is 0 Å². The largest absolute Gasteiger partial charge is 0.476 e. The second-order valence-electron chi connectivity index (χ2n) is 6.75. The van der Waals surface area contributed by atoms with Crippen LogP contribution in [0, 0.1) is 0 Å². The fraction of sp³-hybridized carbons (Fsp3) is 0.318. The van der Waals surface area contributed by atoms with E-state index in [1.807, 2.05) is 19.9 Å². The Hall–Kier alpha value is -3.35. The molecule has 3 rings (SSSR count). The van der Waals surface area contributed by atoms with Gasteiger partial charge in [0.25, 0.3) is 11.8 Å². The maximum Gasteiger partial charge on any atom is 0.267 e. The number of nitrogens with zero attached hydrogens (tertiary/aromatic N) is 2. The second-order valence-corrected chi connectivity index (χ2v) is 6.75. The zero-order valence-electron chi connectivity index (χ0n) is 16.8. The predicted octanol–water partition coefficient (Wildman–Crippen LogP) is 2.92. The van der Waals surface area contributed by atoms with Crippen molar-refractivity contribution >= 4 is 29.1 Å². The number of carbonyl (C=O) groups excluding carboxylic acids is 3. The van der Waals surface area contributed by atoms with Gasteiger partial charge in [0.15, 0.2) is 6.10 Å². The van der Waals surface area contributed by atoms with Crippen LogP contribution in [0.2, 0.25) is 0 Å². The molecule has 0 saturated heterocycles. The highest BCUT2D eigenvalue weighted by Crippen LogP contribution is 2.33. The quantitative estimate of drug-likeness (QED) is 0.844. The summed E-state index contributed by atoms with van der Waals surface area (Å²) in [5.41, 5.74) is 1.78. The van der Waals surface area contributed by atoms with Crippen LogP contribution in [-0.4, -0.2) is 48.4 Å². The summed E-state index contributed by atoms with van der Waals surface area (Å²) in [7, 11) is 0. The number of amides is 3. The topological polar surface area (TPSA) is 79.0 Å². The molecule has 3 amide bonds. The van der Waals surface area contributed by atoms with Gasteiger partial charge in [0.05, 0.1) is 12.2 Å². The molecule has 1 N–H and O–H groups in total. The Morgan fingerprint density at radius 3 is 2.34 bits per heavy atom. The maximum atomic E-state index is 12.7. The van der Waals surface area contributed by atoms with Crippen LogP contribution < -0.4 is 15.0 Å². The SMILES string of the molecule is CCN(CC)C(=O)c1ccc(NC(=O)C2CN(C(C)=O)c3ccccc3O2)cc1. The molecule has 7 heteroatoms. The number of fused-ring (bicyclic) bond motifs is 1. The molecule has 1 heterocycles. The van der Waals surface area contributed by atoms with Crippen molar-refractivity contribution in [2.45, 2.75) is 26.9 Å². The number of anilines is 2. The Bertz CT molecular complexity index is 907. The van der Waals surface area contributed by atoms with E-state index in [1.54, 1.807) is 47.4 Å². The Morgan fingerprint density at radius 1 is 1.07 bits per heavy atom. The van der Waals surface area contributed by atoms with E-state index in [2.05, 4.69) is 5.32 Å². The van der Waals surface area contributed by atoms with Crippen LogP contribution >= 0.6 is 0 Å². The van der Waals surface area contributed by atoms with Crippen LogP contribution in [0.15, 0.2) is 48.5 Å². The van der Waals surface area contributed by atoms with E-state index in [1.165, 1.54) is 11.8 Å². The molecule has 0 aromatic heterocycles. The molecule has 0 fully saturated rings. The molecule has 1 atom stereocenters. The number of para-hydroxylation sites is 2. The van der Waals surface area contributed by atoms with Crippen molar-refractivity contribution in [1.29, 1.82) is 0 Å². The second kappa shape index (κ2) is 8.77. The van der Waals surface area contributed by atoms with Gasteiger partial charge in [-0.25, -0.2) is 0 Å². The van der Waals surface area contributed by atoms with Gasteiger partial charge in [0.1, 0.15) is 5.75 Å². The number of benzene rings is 2. The number of carbonyl (C=O) groups is 3. The highest BCUT2D eigenvalue weighted by atomic mass is 16.5. The zero-order chi connectivity index (χ0) is 21.0. The molecular formula is C22H25N3O4. The third-order valence-electron chi connectivity index (χ3n) is 4.90. The molecule has 7 nitrogen and oxygen atoms in total. The molecule has 1 aliphatic heterocycles. The lowest BCUT2D eigenvalue weighted by Crippen LogP contribution is -2.48. The lowest BCUT2D eigenvalue weighted by molar-refractivity contribution is -0.123. The molecule has 29 heavy (non-hydrogen) atoms. The van der Waals surface area contributed by atoms with Gasteiger partial charge in [0, 0.05) is 31.3 Å². The van der Waals surface area contributed by atoms with Crippen molar-refractivity contribution < 1.29 is 19.1 Å². The smallest absolute Gasteiger partial charge is 0.267 e. The average molecular weight is 395 g/mol. The van der Waals surface area contributed by atoms with Gasteiger partial charge in [-0.05, 0) is 50.2 Å². The van der Waals surface area contributed by atoms with Crippen LogP contribution in [-0.2, 0) is 9.59 Å². The van der Waals surface area contributed by atoms with E-state index in [4.69, 9.17) is 4.74 Å². The molecule has 0 aliphatic carbocycles. The Morgan fingerprint density at radius 2 is 1.72 bits per heavy atom. The molecule has 1 aliphatic rings. The van der Waals surface area contributed by atoms with Crippen molar-refractivity contribution in [3.8, 4) is 5.75 Å². The van der Waals surface area contributed by atoms with Crippen molar-refractivity contribution in [3.05, 3.63) is 54.1 Å². The normalized spacial score (nSPS) is 15.1. The monoisotopic (exact) mass is 395 g/mol. The number of ether oxygens (including phenoxy) is 1. The van der Waals surface area contributed by atoms with Crippen molar-refractivity contribution in [2.24, 2.45) is 0 Å². The van der Waals surface area contributed by atoms with Gasteiger partial charge in [0.2, 0.25) is 5.91 Å². The van der Waals surface area contributed by atoms with E-state index < -0.39 is 6.10 Å². The van der Waals surface area contributed by atoms with Crippen LogP contribution in [0.25, 0.3) is 0 Å². The minimum atomic E-state index is -0.828. The molecule has 2 aromatic carbocycles. The summed E-state index contributed by atoms with van der Waals surface area (Å²) in [6.45, 7) is 6.74. The minimum absolute atomic E-state index is 0.0443. The van der Waals surface area contributed by atoms with Gasteiger partial charge in [-0.3, -0.25) is 14.4 Å². The summed E-state index contributed by atoms with van der Waals surface area (Å²) in [5.74, 6) is -0.0575. The first kappa shape index (κ1) is 20.4. The van der Waals surface area contributed by atoms with Gasteiger partial charge in [-0.15, -0.1) is 0 Å². The highest BCUT2D eigenvalue weighted by molar-refractivity contribution is 6.00. The summed E-state index contributed by atoms with van der Waals surface area (Å²) in [4.78, 5) is 40.4. The first-order valence-electron chi connectivity index (χ1n) is 9.68. The summed E-state index contributed by atoms with van der Waals surface area (Å²) < 4.78 is 5.80. The summed E-state index contributed by atoms with van der Waals surface area (Å²) in [6, 6.07) is 13.9.